The van der Waals surface area contributed by atoms with Gasteiger partial charge in [-0.1, -0.05) is 34.1 Å². The largest absolute Gasteiger partial charge is 0.311 e. The van der Waals surface area contributed by atoms with Crippen molar-refractivity contribution in [2.24, 2.45) is 5.92 Å². The van der Waals surface area contributed by atoms with Gasteiger partial charge in [-0.15, -0.1) is 0 Å². The Morgan fingerprint density at radius 1 is 1.26 bits per heavy atom. The Kier molecular flexibility index (Phi) is 6.04. The number of rotatable bonds is 5. The first-order valence-electron chi connectivity index (χ1n) is 8.28. The smallest absolute Gasteiger partial charge is 0.0247 e. The number of nitrogens with one attached hydrogen (secondary N) is 1. The van der Waals surface area contributed by atoms with Crippen molar-refractivity contribution < 1.29 is 0 Å². The maximum Gasteiger partial charge on any atom is 0.0247 e. The molecule has 4 unspecified atom stereocenters. The lowest BCUT2D eigenvalue weighted by Gasteiger charge is -2.47. The number of piperazine rings is 1. The minimum atomic E-state index is 0.711. The first-order chi connectivity index (χ1) is 9.17. The molecule has 0 aromatic heterocycles. The molecule has 112 valence electrons. The Labute approximate surface area is 124 Å². The van der Waals surface area contributed by atoms with Gasteiger partial charge in [0.15, 0.2) is 0 Å². The molecule has 19 heavy (non-hydrogen) atoms. The van der Waals surface area contributed by atoms with Crippen LogP contribution < -0.4 is 5.32 Å². The van der Waals surface area contributed by atoms with E-state index >= 15 is 0 Å². The predicted octanol–water partition coefficient (Wildman–Crippen LogP) is 3.37. The van der Waals surface area contributed by atoms with Gasteiger partial charge in [-0.2, -0.15) is 11.8 Å². The van der Waals surface area contributed by atoms with Crippen LogP contribution in [0.15, 0.2) is 0 Å². The summed E-state index contributed by atoms with van der Waals surface area (Å²) in [7, 11) is 0. The molecule has 1 saturated heterocycles. The topological polar surface area (TPSA) is 15.3 Å². The molecular formula is C16H32N2S. The van der Waals surface area contributed by atoms with Crippen molar-refractivity contribution in [1.29, 1.82) is 0 Å². The lowest BCUT2D eigenvalue weighted by atomic mass is 9.95. The fourth-order valence-electron chi connectivity index (χ4n) is 3.83. The summed E-state index contributed by atoms with van der Waals surface area (Å²) in [5, 5.41) is 4.64. The Hall–Kier alpha value is 0.270. The first-order valence-corrected chi connectivity index (χ1v) is 9.32. The summed E-state index contributed by atoms with van der Waals surface area (Å²) in [6, 6.07) is 2.29. The number of thioether (sulfide) groups is 1. The van der Waals surface area contributed by atoms with E-state index in [4.69, 9.17) is 0 Å². The van der Waals surface area contributed by atoms with Gasteiger partial charge in [0.1, 0.15) is 0 Å². The standard InChI is InChI=1S/C16H32N2S/c1-5-13-11-18(15(10-17-13)12(3)4)14-8-7-9-16(14)19-6-2/h12-17H,5-11H2,1-4H3. The minimum Gasteiger partial charge on any atom is -0.311 e. The van der Waals surface area contributed by atoms with Gasteiger partial charge in [0.25, 0.3) is 0 Å². The van der Waals surface area contributed by atoms with Crippen LogP contribution in [-0.2, 0) is 0 Å². The molecule has 2 aliphatic rings. The molecule has 3 heteroatoms. The minimum absolute atomic E-state index is 0.711. The second-order valence-electron chi connectivity index (χ2n) is 6.51. The van der Waals surface area contributed by atoms with Crippen LogP contribution in [0.2, 0.25) is 0 Å². The Bertz CT molecular complexity index is 269. The fourth-order valence-corrected chi connectivity index (χ4v) is 5.10. The molecule has 2 nitrogen and oxygen atoms in total. The predicted molar refractivity (Wildman–Crippen MR) is 87.0 cm³/mol. The van der Waals surface area contributed by atoms with E-state index in [2.05, 4.69) is 49.7 Å². The van der Waals surface area contributed by atoms with E-state index in [1.54, 1.807) is 0 Å². The summed E-state index contributed by atoms with van der Waals surface area (Å²) in [5.74, 6) is 2.04. The van der Waals surface area contributed by atoms with Crippen molar-refractivity contribution in [3.63, 3.8) is 0 Å². The average Bonchev–Trinajstić information content (AvgIpc) is 2.86. The molecule has 2 rings (SSSR count). The van der Waals surface area contributed by atoms with Crippen molar-refractivity contribution in [2.75, 3.05) is 18.8 Å². The zero-order valence-corrected chi connectivity index (χ0v) is 14.0. The Balaban J connectivity index is 2.07. The quantitative estimate of drug-likeness (QED) is 0.833. The molecule has 0 bridgehead atoms. The molecule has 0 spiro atoms. The maximum absolute atomic E-state index is 3.75. The van der Waals surface area contributed by atoms with Gasteiger partial charge >= 0.3 is 0 Å². The highest BCUT2D eigenvalue weighted by atomic mass is 32.2. The zero-order chi connectivity index (χ0) is 13.8. The van der Waals surface area contributed by atoms with Crippen LogP contribution in [0.3, 0.4) is 0 Å². The van der Waals surface area contributed by atoms with Crippen LogP contribution in [-0.4, -0.2) is 47.1 Å². The van der Waals surface area contributed by atoms with Gasteiger partial charge in [-0.05, 0) is 30.9 Å². The maximum atomic E-state index is 3.75. The highest BCUT2D eigenvalue weighted by Crippen LogP contribution is 2.36. The van der Waals surface area contributed by atoms with Gasteiger partial charge in [0.2, 0.25) is 0 Å². The third-order valence-electron chi connectivity index (χ3n) is 4.96. The Morgan fingerprint density at radius 3 is 2.68 bits per heavy atom. The number of nitrogens with zero attached hydrogens (tertiary/aromatic N) is 1. The first kappa shape index (κ1) is 15.7. The van der Waals surface area contributed by atoms with Gasteiger partial charge in [-0.3, -0.25) is 4.90 Å². The second kappa shape index (κ2) is 7.33. The zero-order valence-electron chi connectivity index (χ0n) is 13.2. The van der Waals surface area contributed by atoms with Crippen LogP contribution in [0.5, 0.6) is 0 Å². The molecule has 1 aliphatic carbocycles. The van der Waals surface area contributed by atoms with Gasteiger partial charge < -0.3 is 5.32 Å². The van der Waals surface area contributed by atoms with Crippen molar-refractivity contribution in [1.82, 2.24) is 10.2 Å². The molecule has 0 aromatic carbocycles. The fraction of sp³-hybridized carbons (Fsp3) is 1.00. The molecule has 0 radical (unpaired) electrons. The number of hydrogen-bond donors (Lipinski definition) is 1. The number of hydrogen-bond acceptors (Lipinski definition) is 3. The summed E-state index contributed by atoms with van der Waals surface area (Å²) >= 11 is 2.20. The van der Waals surface area contributed by atoms with Crippen LogP contribution in [0.25, 0.3) is 0 Å². The van der Waals surface area contributed by atoms with E-state index in [1.165, 1.54) is 44.5 Å². The third-order valence-corrected chi connectivity index (χ3v) is 6.27. The van der Waals surface area contributed by atoms with Crippen molar-refractivity contribution in [3.05, 3.63) is 0 Å². The van der Waals surface area contributed by atoms with E-state index in [9.17, 15) is 0 Å². The molecule has 1 heterocycles. The second-order valence-corrected chi connectivity index (χ2v) is 8.03. The monoisotopic (exact) mass is 284 g/mol. The van der Waals surface area contributed by atoms with Crippen LogP contribution in [0.1, 0.15) is 53.4 Å². The molecule has 2 fully saturated rings. The highest BCUT2D eigenvalue weighted by Gasteiger charge is 2.39. The molecule has 1 aliphatic heterocycles. The van der Waals surface area contributed by atoms with Crippen molar-refractivity contribution >= 4 is 11.8 Å². The van der Waals surface area contributed by atoms with Gasteiger partial charge in [0.05, 0.1) is 0 Å². The molecule has 1 N–H and O–H groups in total. The molecular weight excluding hydrogens is 252 g/mol. The summed E-state index contributed by atoms with van der Waals surface area (Å²) in [4.78, 5) is 2.88. The van der Waals surface area contributed by atoms with Crippen molar-refractivity contribution in [3.8, 4) is 0 Å². The van der Waals surface area contributed by atoms with E-state index in [1.807, 2.05) is 0 Å². The molecule has 0 amide bonds. The summed E-state index contributed by atoms with van der Waals surface area (Å²) in [5.41, 5.74) is 0. The van der Waals surface area contributed by atoms with Crippen LogP contribution in [0.4, 0.5) is 0 Å². The summed E-state index contributed by atoms with van der Waals surface area (Å²) in [6.07, 6.45) is 5.57. The van der Waals surface area contributed by atoms with Gasteiger partial charge in [0, 0.05) is 36.5 Å². The van der Waals surface area contributed by atoms with Crippen molar-refractivity contribution in [2.45, 2.75) is 76.8 Å². The molecule has 4 atom stereocenters. The van der Waals surface area contributed by atoms with E-state index in [-0.39, 0.29) is 0 Å². The normalized spacial score (nSPS) is 37.1. The molecule has 0 aromatic rings. The summed E-state index contributed by atoms with van der Waals surface area (Å²) in [6.45, 7) is 11.9. The van der Waals surface area contributed by atoms with E-state index in [0.29, 0.717) is 6.04 Å². The van der Waals surface area contributed by atoms with Gasteiger partial charge in [-0.25, -0.2) is 0 Å². The lowest BCUT2D eigenvalue weighted by molar-refractivity contribution is 0.0588. The van der Waals surface area contributed by atoms with E-state index in [0.717, 1.165) is 23.3 Å². The molecule has 1 saturated carbocycles. The summed E-state index contributed by atoms with van der Waals surface area (Å²) < 4.78 is 0. The lowest BCUT2D eigenvalue weighted by Crippen LogP contribution is -2.61. The average molecular weight is 285 g/mol. The Morgan fingerprint density at radius 2 is 2.05 bits per heavy atom. The third kappa shape index (κ3) is 3.68. The van der Waals surface area contributed by atoms with Crippen LogP contribution >= 0.6 is 11.8 Å². The van der Waals surface area contributed by atoms with E-state index < -0.39 is 0 Å². The van der Waals surface area contributed by atoms with Crippen LogP contribution in [0, 0.1) is 5.92 Å². The highest BCUT2D eigenvalue weighted by molar-refractivity contribution is 7.99. The SMILES string of the molecule is CCSC1CCCC1N1CC(CC)NCC1C(C)C.